The van der Waals surface area contributed by atoms with Crippen molar-refractivity contribution in [3.05, 3.63) is 89.0 Å². The second kappa shape index (κ2) is 9.35. The molecule has 0 spiro atoms. The van der Waals surface area contributed by atoms with E-state index in [2.05, 4.69) is 4.98 Å². The van der Waals surface area contributed by atoms with Crippen molar-refractivity contribution in [3.8, 4) is 11.5 Å². The summed E-state index contributed by atoms with van der Waals surface area (Å²) in [6.45, 7) is 3.46. The van der Waals surface area contributed by atoms with Gasteiger partial charge in [0, 0.05) is 29.4 Å². The van der Waals surface area contributed by atoms with Crippen LogP contribution in [0.1, 0.15) is 34.1 Å². The minimum absolute atomic E-state index is 0.143. The summed E-state index contributed by atoms with van der Waals surface area (Å²) < 4.78 is 26.5. The monoisotopic (exact) mass is 462 g/mol. The Labute approximate surface area is 195 Å². The number of nitrogens with zero attached hydrogens (tertiary/aromatic N) is 2. The topological polar surface area (TPSA) is 90.7 Å². The zero-order chi connectivity index (χ0) is 24.4. The summed E-state index contributed by atoms with van der Waals surface area (Å²) in [5, 5.41) is 9.78. The first kappa shape index (κ1) is 23.0. The number of carbonyl (C=O) groups excluding carboxylic acids is 1. The minimum atomic E-state index is -1.20. The van der Waals surface area contributed by atoms with Crippen LogP contribution in [0.5, 0.6) is 11.5 Å². The van der Waals surface area contributed by atoms with E-state index in [9.17, 15) is 14.0 Å². The van der Waals surface area contributed by atoms with Crippen LogP contribution < -0.4 is 9.47 Å². The lowest BCUT2D eigenvalue weighted by Gasteiger charge is -2.14. The van der Waals surface area contributed by atoms with Crippen molar-refractivity contribution in [1.82, 2.24) is 9.55 Å². The van der Waals surface area contributed by atoms with Crippen LogP contribution in [0.4, 0.5) is 4.39 Å². The number of carboxylic acids is 1. The van der Waals surface area contributed by atoms with Crippen LogP contribution in [-0.2, 0) is 11.3 Å². The molecule has 8 heteroatoms. The molecule has 7 nitrogen and oxygen atoms in total. The van der Waals surface area contributed by atoms with Crippen molar-refractivity contribution in [3.63, 3.8) is 0 Å². The number of methoxy groups -OCH3 is 1. The van der Waals surface area contributed by atoms with Gasteiger partial charge in [-0.15, -0.1) is 0 Å². The Bertz CT molecular complexity index is 1380. The summed E-state index contributed by atoms with van der Waals surface area (Å²) in [7, 11) is 1.56. The third-order valence-electron chi connectivity index (χ3n) is 5.65. The third-order valence-corrected chi connectivity index (χ3v) is 5.65. The molecule has 0 saturated heterocycles. The van der Waals surface area contributed by atoms with Crippen LogP contribution in [-0.4, -0.2) is 39.6 Å². The van der Waals surface area contributed by atoms with Crippen molar-refractivity contribution in [2.75, 3.05) is 7.11 Å². The summed E-state index contributed by atoms with van der Waals surface area (Å²) in [5.41, 5.74) is 3.05. The highest BCUT2D eigenvalue weighted by atomic mass is 19.1. The lowest BCUT2D eigenvalue weighted by Crippen LogP contribution is -2.23. The number of aromatic nitrogens is 2. The molecule has 0 amide bonds. The molecule has 1 atom stereocenters. The van der Waals surface area contributed by atoms with Crippen LogP contribution >= 0.6 is 0 Å². The van der Waals surface area contributed by atoms with Crippen molar-refractivity contribution in [2.24, 2.45) is 0 Å². The molecular formula is C26H23FN2O5. The summed E-state index contributed by atoms with van der Waals surface area (Å²) in [4.78, 5) is 29.0. The van der Waals surface area contributed by atoms with Gasteiger partial charge in [0.25, 0.3) is 0 Å². The van der Waals surface area contributed by atoms with E-state index in [0.29, 0.717) is 39.2 Å². The van der Waals surface area contributed by atoms with Gasteiger partial charge in [-0.3, -0.25) is 4.79 Å². The molecule has 1 N–H and O–H groups in total. The Kier molecular flexibility index (Phi) is 6.32. The van der Waals surface area contributed by atoms with E-state index in [1.165, 1.54) is 19.1 Å². The summed E-state index contributed by atoms with van der Waals surface area (Å²) >= 11 is 0. The Balaban J connectivity index is 1.74. The summed E-state index contributed by atoms with van der Waals surface area (Å²) in [6, 6.07) is 14.8. The molecule has 0 aliphatic carbocycles. The quantitative estimate of drug-likeness (QED) is 0.384. The Hall–Kier alpha value is -4.20. The van der Waals surface area contributed by atoms with Gasteiger partial charge in [-0.05, 0) is 67.9 Å². The number of fused-ring (bicyclic) bond motifs is 1. The van der Waals surface area contributed by atoms with E-state index in [4.69, 9.17) is 14.6 Å². The average molecular weight is 462 g/mol. The number of benzene rings is 2. The maximum absolute atomic E-state index is 14.2. The van der Waals surface area contributed by atoms with Crippen molar-refractivity contribution in [2.45, 2.75) is 26.5 Å². The predicted molar refractivity (Wildman–Crippen MR) is 124 cm³/mol. The third kappa shape index (κ3) is 4.34. The molecule has 0 radical (unpaired) electrons. The zero-order valence-corrected chi connectivity index (χ0v) is 18.9. The smallest absolute Gasteiger partial charge is 0.344 e. The molecule has 0 aliphatic rings. The lowest BCUT2D eigenvalue weighted by atomic mass is 10.0. The van der Waals surface area contributed by atoms with Crippen LogP contribution in [0.2, 0.25) is 0 Å². The van der Waals surface area contributed by atoms with Gasteiger partial charge in [-0.1, -0.05) is 6.07 Å². The van der Waals surface area contributed by atoms with Gasteiger partial charge in [-0.25, -0.2) is 14.2 Å². The number of carboxylic acid groups (broad SMARTS) is 1. The van der Waals surface area contributed by atoms with Gasteiger partial charge < -0.3 is 19.1 Å². The number of hydrogen-bond donors (Lipinski definition) is 1. The summed E-state index contributed by atoms with van der Waals surface area (Å²) in [5.74, 6) is -1.48. The SMILES string of the molecule is COc1ccc(C(=O)c2c(C)n(Cc3ccc(F)c(O[C@@H](C)C(=O)O)c3)c3ncccc23)cc1. The van der Waals surface area contributed by atoms with Crippen LogP contribution in [0, 0.1) is 12.7 Å². The molecule has 0 aliphatic heterocycles. The van der Waals surface area contributed by atoms with Crippen molar-refractivity contribution in [1.29, 1.82) is 0 Å². The number of halogens is 1. The van der Waals surface area contributed by atoms with Gasteiger partial charge in [0.2, 0.25) is 0 Å². The first-order chi connectivity index (χ1) is 16.3. The second-order valence-corrected chi connectivity index (χ2v) is 7.84. The second-order valence-electron chi connectivity index (χ2n) is 7.84. The highest BCUT2D eigenvalue weighted by Gasteiger charge is 2.22. The largest absolute Gasteiger partial charge is 0.497 e. The van der Waals surface area contributed by atoms with E-state index in [1.807, 2.05) is 17.6 Å². The number of ketones is 1. The van der Waals surface area contributed by atoms with Crippen molar-refractivity contribution >= 4 is 22.8 Å². The number of hydrogen-bond acceptors (Lipinski definition) is 5. The standard InChI is InChI=1S/C26H23FN2O5/c1-15-23(24(30)18-7-9-19(33-3)10-8-18)20-5-4-12-28-25(20)29(15)14-17-6-11-21(27)22(13-17)34-16(2)26(31)32/h4-13,16H,14H2,1-3H3,(H,31,32)/t16-/m0/s1. The highest BCUT2D eigenvalue weighted by Crippen LogP contribution is 2.29. The molecular weight excluding hydrogens is 439 g/mol. The zero-order valence-electron chi connectivity index (χ0n) is 18.9. The van der Waals surface area contributed by atoms with E-state index < -0.39 is 17.9 Å². The van der Waals surface area contributed by atoms with E-state index >= 15 is 0 Å². The normalized spacial score (nSPS) is 11.9. The van der Waals surface area contributed by atoms with Gasteiger partial charge in [0.15, 0.2) is 23.5 Å². The molecule has 0 fully saturated rings. The maximum atomic E-state index is 14.2. The minimum Gasteiger partial charge on any atom is -0.497 e. The fourth-order valence-corrected chi connectivity index (χ4v) is 3.82. The Morgan fingerprint density at radius 2 is 1.88 bits per heavy atom. The molecule has 174 valence electrons. The fraction of sp³-hybridized carbons (Fsp3) is 0.192. The van der Waals surface area contributed by atoms with E-state index in [1.54, 1.807) is 49.7 Å². The van der Waals surface area contributed by atoms with E-state index in [0.717, 1.165) is 0 Å². The molecule has 0 bridgehead atoms. The highest BCUT2D eigenvalue weighted by molar-refractivity contribution is 6.17. The molecule has 2 heterocycles. The molecule has 2 aromatic heterocycles. The van der Waals surface area contributed by atoms with Gasteiger partial charge in [0.05, 0.1) is 12.7 Å². The Morgan fingerprint density at radius 3 is 2.56 bits per heavy atom. The molecule has 2 aromatic carbocycles. The van der Waals surface area contributed by atoms with Gasteiger partial charge in [-0.2, -0.15) is 0 Å². The molecule has 4 aromatic rings. The Morgan fingerprint density at radius 1 is 1.15 bits per heavy atom. The van der Waals surface area contributed by atoms with Crippen molar-refractivity contribution < 1.29 is 28.6 Å². The van der Waals surface area contributed by atoms with Crippen LogP contribution in [0.15, 0.2) is 60.8 Å². The summed E-state index contributed by atoms with van der Waals surface area (Å²) in [6.07, 6.45) is 0.447. The molecule has 4 rings (SSSR count). The lowest BCUT2D eigenvalue weighted by molar-refractivity contribution is -0.144. The molecule has 0 unspecified atom stereocenters. The number of carbonyl (C=O) groups is 2. The van der Waals surface area contributed by atoms with E-state index in [-0.39, 0.29) is 18.1 Å². The number of aliphatic carboxylic acids is 1. The first-order valence-corrected chi connectivity index (χ1v) is 10.6. The van der Waals surface area contributed by atoms with Crippen LogP contribution in [0.25, 0.3) is 11.0 Å². The van der Waals surface area contributed by atoms with Crippen LogP contribution in [0.3, 0.4) is 0 Å². The molecule has 34 heavy (non-hydrogen) atoms. The number of pyridine rings is 1. The number of rotatable bonds is 8. The maximum Gasteiger partial charge on any atom is 0.344 e. The number of ether oxygens (including phenoxy) is 2. The molecule has 0 saturated carbocycles. The predicted octanol–water partition coefficient (Wildman–Crippen LogP) is 4.62. The first-order valence-electron chi connectivity index (χ1n) is 10.6. The van der Waals surface area contributed by atoms with Gasteiger partial charge in [0.1, 0.15) is 11.4 Å². The van der Waals surface area contributed by atoms with Gasteiger partial charge >= 0.3 is 5.97 Å². The fourth-order valence-electron chi connectivity index (χ4n) is 3.82. The average Bonchev–Trinajstić information content (AvgIpc) is 3.11.